The van der Waals surface area contributed by atoms with Crippen molar-refractivity contribution in [2.45, 2.75) is 12.7 Å². The monoisotopic (exact) mass is 265 g/mol. The lowest BCUT2D eigenvalue weighted by atomic mass is 9.98. The van der Waals surface area contributed by atoms with Gasteiger partial charge in [0, 0.05) is 36.8 Å². The first-order valence-corrected chi connectivity index (χ1v) is 5.68. The lowest BCUT2D eigenvalue weighted by Gasteiger charge is -2.13. The van der Waals surface area contributed by atoms with Gasteiger partial charge >= 0.3 is 6.18 Å². The van der Waals surface area contributed by atoms with E-state index in [0.29, 0.717) is 17.0 Å². The Kier molecular flexibility index (Phi) is 2.48. The molecule has 0 fully saturated rings. The van der Waals surface area contributed by atoms with Crippen molar-refractivity contribution < 1.29 is 13.2 Å². The second-order valence-electron chi connectivity index (χ2n) is 4.43. The molecular formula is C13H10F3N3. The van der Waals surface area contributed by atoms with Gasteiger partial charge < -0.3 is 4.57 Å². The van der Waals surface area contributed by atoms with Crippen molar-refractivity contribution in [2.24, 2.45) is 12.0 Å². The number of benzene rings is 1. The predicted octanol–water partition coefficient (Wildman–Crippen LogP) is 3.04. The second-order valence-corrected chi connectivity index (χ2v) is 4.43. The van der Waals surface area contributed by atoms with E-state index in [1.54, 1.807) is 30.2 Å². The number of rotatable bonds is 1. The summed E-state index contributed by atoms with van der Waals surface area (Å²) in [6.07, 6.45) is 0.513. The van der Waals surface area contributed by atoms with Gasteiger partial charge in [0.15, 0.2) is 0 Å². The standard InChI is InChI=1S/C13H10F3N3/c1-19-3-2-18-12(19)10-5-9(13(14,15)16)4-8-6-17-7-11(8)10/h2-5,7H,6H2,1H3. The van der Waals surface area contributed by atoms with Gasteiger partial charge in [-0.05, 0) is 17.7 Å². The first-order chi connectivity index (χ1) is 8.97. The summed E-state index contributed by atoms with van der Waals surface area (Å²) >= 11 is 0. The van der Waals surface area contributed by atoms with E-state index in [0.717, 1.165) is 17.7 Å². The van der Waals surface area contributed by atoms with E-state index in [9.17, 15) is 13.2 Å². The molecule has 0 amide bonds. The Hall–Kier alpha value is -2.11. The summed E-state index contributed by atoms with van der Waals surface area (Å²) in [5.74, 6) is 0.510. The largest absolute Gasteiger partial charge is 0.416 e. The number of nitrogens with zero attached hydrogens (tertiary/aromatic N) is 3. The molecule has 3 nitrogen and oxygen atoms in total. The first kappa shape index (κ1) is 12.0. The molecule has 0 spiro atoms. The molecule has 2 aromatic rings. The molecule has 1 aliphatic heterocycles. The molecular weight excluding hydrogens is 255 g/mol. The zero-order chi connectivity index (χ0) is 13.6. The molecule has 2 heterocycles. The van der Waals surface area contributed by atoms with Gasteiger partial charge in [-0.15, -0.1) is 0 Å². The maximum atomic E-state index is 12.9. The third-order valence-corrected chi connectivity index (χ3v) is 3.14. The molecule has 1 aliphatic rings. The van der Waals surface area contributed by atoms with Crippen molar-refractivity contribution in [1.82, 2.24) is 9.55 Å². The number of hydrogen-bond acceptors (Lipinski definition) is 2. The van der Waals surface area contributed by atoms with Crippen LogP contribution in [0.3, 0.4) is 0 Å². The summed E-state index contributed by atoms with van der Waals surface area (Å²) in [6.45, 7) is 0.288. The molecule has 0 saturated carbocycles. The lowest BCUT2D eigenvalue weighted by molar-refractivity contribution is -0.137. The number of aliphatic imine (C=N–C) groups is 1. The lowest BCUT2D eigenvalue weighted by Crippen LogP contribution is -2.08. The van der Waals surface area contributed by atoms with Crippen LogP contribution in [0.5, 0.6) is 0 Å². The maximum Gasteiger partial charge on any atom is 0.416 e. The third-order valence-electron chi connectivity index (χ3n) is 3.14. The first-order valence-electron chi connectivity index (χ1n) is 5.68. The van der Waals surface area contributed by atoms with Crippen molar-refractivity contribution in [3.63, 3.8) is 0 Å². The van der Waals surface area contributed by atoms with Gasteiger partial charge in [-0.1, -0.05) is 0 Å². The number of hydrogen-bond donors (Lipinski definition) is 0. The highest BCUT2D eigenvalue weighted by atomic mass is 19.4. The van der Waals surface area contributed by atoms with Crippen LogP contribution in [-0.4, -0.2) is 15.8 Å². The molecule has 0 bridgehead atoms. The molecule has 1 aromatic carbocycles. The molecule has 98 valence electrons. The van der Waals surface area contributed by atoms with Crippen molar-refractivity contribution in [1.29, 1.82) is 0 Å². The summed E-state index contributed by atoms with van der Waals surface area (Å²) < 4.78 is 40.4. The van der Waals surface area contributed by atoms with Gasteiger partial charge in [0.2, 0.25) is 0 Å². The van der Waals surface area contributed by atoms with Crippen LogP contribution in [0.1, 0.15) is 16.7 Å². The van der Waals surface area contributed by atoms with E-state index in [2.05, 4.69) is 9.98 Å². The normalized spacial score (nSPS) is 13.9. The van der Waals surface area contributed by atoms with Crippen LogP contribution in [0.25, 0.3) is 11.4 Å². The molecule has 19 heavy (non-hydrogen) atoms. The van der Waals surface area contributed by atoms with Gasteiger partial charge in [-0.3, -0.25) is 4.99 Å². The van der Waals surface area contributed by atoms with Crippen LogP contribution >= 0.6 is 0 Å². The Morgan fingerprint density at radius 3 is 2.68 bits per heavy atom. The third kappa shape index (κ3) is 1.93. The Morgan fingerprint density at radius 2 is 2.05 bits per heavy atom. The number of imidazole rings is 1. The van der Waals surface area contributed by atoms with Crippen LogP contribution in [0.4, 0.5) is 13.2 Å². The van der Waals surface area contributed by atoms with E-state index in [1.807, 2.05) is 0 Å². The van der Waals surface area contributed by atoms with E-state index in [4.69, 9.17) is 0 Å². The summed E-state index contributed by atoms with van der Waals surface area (Å²) in [5, 5.41) is 0. The molecule has 0 saturated heterocycles. The Morgan fingerprint density at radius 1 is 1.26 bits per heavy atom. The van der Waals surface area contributed by atoms with Crippen molar-refractivity contribution in [3.05, 3.63) is 41.2 Å². The van der Waals surface area contributed by atoms with Gasteiger partial charge in [0.1, 0.15) is 5.82 Å². The van der Waals surface area contributed by atoms with Gasteiger partial charge in [-0.2, -0.15) is 13.2 Å². The maximum absolute atomic E-state index is 12.9. The average molecular weight is 265 g/mol. The minimum absolute atomic E-state index is 0.288. The molecule has 0 radical (unpaired) electrons. The van der Waals surface area contributed by atoms with Crippen molar-refractivity contribution in [3.8, 4) is 11.4 Å². The Balaban J connectivity index is 2.26. The van der Waals surface area contributed by atoms with E-state index in [1.165, 1.54) is 0 Å². The van der Waals surface area contributed by atoms with Crippen LogP contribution < -0.4 is 0 Å². The zero-order valence-electron chi connectivity index (χ0n) is 10.1. The quantitative estimate of drug-likeness (QED) is 0.779. The summed E-state index contributed by atoms with van der Waals surface area (Å²) in [7, 11) is 1.75. The molecule has 0 aliphatic carbocycles. The zero-order valence-corrected chi connectivity index (χ0v) is 10.1. The van der Waals surface area contributed by atoms with E-state index in [-0.39, 0.29) is 6.54 Å². The van der Waals surface area contributed by atoms with E-state index >= 15 is 0 Å². The summed E-state index contributed by atoms with van der Waals surface area (Å²) in [5.41, 5.74) is 1.13. The highest BCUT2D eigenvalue weighted by molar-refractivity contribution is 5.93. The molecule has 0 unspecified atom stereocenters. The number of aryl methyl sites for hydroxylation is 1. The molecule has 3 rings (SSSR count). The van der Waals surface area contributed by atoms with Crippen molar-refractivity contribution in [2.75, 3.05) is 0 Å². The predicted molar refractivity (Wildman–Crippen MR) is 64.9 cm³/mol. The fraction of sp³-hybridized carbons (Fsp3) is 0.231. The SMILES string of the molecule is Cn1ccnc1-c1cc(C(F)(F)F)cc2c1C=NC2. The van der Waals surface area contributed by atoms with Crippen LogP contribution in [-0.2, 0) is 19.8 Å². The molecule has 6 heteroatoms. The van der Waals surface area contributed by atoms with Gasteiger partial charge in [0.05, 0.1) is 12.1 Å². The Bertz CT molecular complexity index is 668. The molecule has 0 N–H and O–H groups in total. The minimum Gasteiger partial charge on any atom is -0.334 e. The highest BCUT2D eigenvalue weighted by Gasteiger charge is 2.33. The smallest absolute Gasteiger partial charge is 0.334 e. The van der Waals surface area contributed by atoms with E-state index < -0.39 is 11.7 Å². The van der Waals surface area contributed by atoms with Crippen LogP contribution in [0, 0.1) is 0 Å². The van der Waals surface area contributed by atoms with Gasteiger partial charge in [-0.25, -0.2) is 4.98 Å². The number of alkyl halides is 3. The average Bonchev–Trinajstić information content (AvgIpc) is 2.94. The van der Waals surface area contributed by atoms with Crippen molar-refractivity contribution >= 4 is 6.21 Å². The van der Waals surface area contributed by atoms with Crippen LogP contribution in [0.15, 0.2) is 29.5 Å². The molecule has 0 atom stereocenters. The van der Waals surface area contributed by atoms with Gasteiger partial charge in [0.25, 0.3) is 0 Å². The Labute approximate surface area is 107 Å². The fourth-order valence-electron chi connectivity index (χ4n) is 2.21. The number of fused-ring (bicyclic) bond motifs is 1. The number of halogens is 3. The highest BCUT2D eigenvalue weighted by Crippen LogP contribution is 2.36. The second kappa shape index (κ2) is 3.94. The summed E-state index contributed by atoms with van der Waals surface area (Å²) in [6, 6.07) is 2.30. The number of aromatic nitrogens is 2. The molecule has 1 aromatic heterocycles. The topological polar surface area (TPSA) is 30.2 Å². The summed E-state index contributed by atoms with van der Waals surface area (Å²) in [4.78, 5) is 8.17. The minimum atomic E-state index is -4.36. The fourth-order valence-corrected chi connectivity index (χ4v) is 2.21. The van der Waals surface area contributed by atoms with Crippen LogP contribution in [0.2, 0.25) is 0 Å².